The van der Waals surface area contributed by atoms with Crippen LogP contribution in [-0.4, -0.2) is 33.2 Å². The molecule has 0 radical (unpaired) electrons. The molecule has 1 aromatic heterocycles. The summed E-state index contributed by atoms with van der Waals surface area (Å²) in [7, 11) is 0. The minimum Gasteiger partial charge on any atom is -0.435 e. The van der Waals surface area contributed by atoms with E-state index in [1.54, 1.807) is 35.3 Å². The first-order valence-electron chi connectivity index (χ1n) is 8.11. The van der Waals surface area contributed by atoms with Gasteiger partial charge in [0.2, 0.25) is 5.90 Å². The predicted octanol–water partition coefficient (Wildman–Crippen LogP) is 3.21. The SMILES string of the molecule is O=C1OC(c2cccc(OC(F)F)c2)=N/C1=C\c1ccc(-n2cncn2)cc1. The van der Waals surface area contributed by atoms with Crippen LogP contribution in [0.15, 0.2) is 71.9 Å². The van der Waals surface area contributed by atoms with Crippen LogP contribution in [-0.2, 0) is 9.53 Å². The van der Waals surface area contributed by atoms with Gasteiger partial charge < -0.3 is 9.47 Å². The smallest absolute Gasteiger partial charge is 0.387 e. The molecule has 0 atom stereocenters. The first kappa shape index (κ1) is 17.5. The summed E-state index contributed by atoms with van der Waals surface area (Å²) in [5.74, 6) is -0.655. The normalized spacial score (nSPS) is 15.0. The highest BCUT2D eigenvalue weighted by Gasteiger charge is 2.24. The van der Waals surface area contributed by atoms with Crippen molar-refractivity contribution >= 4 is 17.9 Å². The summed E-state index contributed by atoms with van der Waals surface area (Å²) < 4.78 is 35.8. The van der Waals surface area contributed by atoms with Gasteiger partial charge in [-0.05, 0) is 42.0 Å². The molecule has 2 heterocycles. The molecule has 0 amide bonds. The van der Waals surface area contributed by atoms with Crippen molar-refractivity contribution in [1.29, 1.82) is 0 Å². The van der Waals surface area contributed by atoms with E-state index in [-0.39, 0.29) is 17.3 Å². The van der Waals surface area contributed by atoms with Crippen LogP contribution in [0, 0.1) is 0 Å². The lowest BCUT2D eigenvalue weighted by Crippen LogP contribution is -2.07. The Bertz CT molecular complexity index is 1060. The standard InChI is InChI=1S/C19H12F2N4O3/c20-19(21)27-15-3-1-2-13(9-15)17-24-16(18(26)28-17)8-12-4-6-14(7-5-12)25-11-22-10-23-25/h1-11,19H/b16-8-. The highest BCUT2D eigenvalue weighted by Crippen LogP contribution is 2.22. The van der Waals surface area contributed by atoms with E-state index in [0.717, 1.165) is 11.3 Å². The van der Waals surface area contributed by atoms with E-state index in [9.17, 15) is 13.6 Å². The molecule has 3 aromatic rings. The number of rotatable bonds is 5. The van der Waals surface area contributed by atoms with E-state index < -0.39 is 12.6 Å². The molecule has 0 fully saturated rings. The Morgan fingerprint density at radius 2 is 1.96 bits per heavy atom. The van der Waals surface area contributed by atoms with Crippen molar-refractivity contribution < 1.29 is 23.0 Å². The first-order valence-corrected chi connectivity index (χ1v) is 8.11. The molecule has 2 aromatic carbocycles. The van der Waals surface area contributed by atoms with Crippen molar-refractivity contribution in [3.05, 3.63) is 78.0 Å². The maximum absolute atomic E-state index is 12.4. The number of benzene rings is 2. The number of cyclic esters (lactones) is 1. The van der Waals surface area contributed by atoms with Gasteiger partial charge in [-0.3, -0.25) is 0 Å². The second kappa shape index (κ2) is 7.39. The fraction of sp³-hybridized carbons (Fsp3) is 0.0526. The molecule has 0 aliphatic carbocycles. The van der Waals surface area contributed by atoms with Crippen molar-refractivity contribution in [3.63, 3.8) is 0 Å². The van der Waals surface area contributed by atoms with Gasteiger partial charge in [0.1, 0.15) is 18.4 Å². The average molecular weight is 382 g/mol. The summed E-state index contributed by atoms with van der Waals surface area (Å²) in [5, 5.41) is 4.04. The van der Waals surface area contributed by atoms with Crippen LogP contribution in [0.25, 0.3) is 11.8 Å². The van der Waals surface area contributed by atoms with Gasteiger partial charge in [-0.25, -0.2) is 19.5 Å². The number of esters is 1. The quantitative estimate of drug-likeness (QED) is 0.500. The minimum absolute atomic E-state index is 0.0233. The molecule has 9 heteroatoms. The second-order valence-corrected chi connectivity index (χ2v) is 5.67. The van der Waals surface area contributed by atoms with Crippen LogP contribution in [0.4, 0.5) is 8.78 Å². The predicted molar refractivity (Wildman–Crippen MR) is 95.0 cm³/mol. The maximum atomic E-state index is 12.4. The third-order valence-corrected chi connectivity index (χ3v) is 3.81. The Hall–Kier alpha value is -3.88. The van der Waals surface area contributed by atoms with Gasteiger partial charge in [0.05, 0.1) is 5.69 Å². The number of halogens is 2. The maximum Gasteiger partial charge on any atom is 0.387 e. The summed E-state index contributed by atoms with van der Waals surface area (Å²) in [4.78, 5) is 20.1. The molecule has 4 rings (SSSR count). The molecule has 1 aliphatic heterocycles. The molecular formula is C19H12F2N4O3. The number of hydrogen-bond acceptors (Lipinski definition) is 6. The Morgan fingerprint density at radius 3 is 2.68 bits per heavy atom. The van der Waals surface area contributed by atoms with Crippen molar-refractivity contribution in [2.75, 3.05) is 0 Å². The van der Waals surface area contributed by atoms with Crippen LogP contribution >= 0.6 is 0 Å². The van der Waals surface area contributed by atoms with Gasteiger partial charge >= 0.3 is 12.6 Å². The lowest BCUT2D eigenvalue weighted by molar-refractivity contribution is -0.129. The zero-order valence-corrected chi connectivity index (χ0v) is 14.2. The lowest BCUT2D eigenvalue weighted by Gasteiger charge is -2.05. The van der Waals surface area contributed by atoms with Crippen LogP contribution in [0.3, 0.4) is 0 Å². The summed E-state index contributed by atoms with van der Waals surface area (Å²) in [6.45, 7) is -2.95. The molecule has 7 nitrogen and oxygen atoms in total. The number of carbonyl (C=O) groups excluding carboxylic acids is 1. The Balaban J connectivity index is 1.57. The highest BCUT2D eigenvalue weighted by molar-refractivity contribution is 6.12. The molecule has 1 aliphatic rings. The van der Waals surface area contributed by atoms with E-state index in [4.69, 9.17) is 4.74 Å². The van der Waals surface area contributed by atoms with Gasteiger partial charge in [0, 0.05) is 5.56 Å². The minimum atomic E-state index is -2.95. The number of hydrogen-bond donors (Lipinski definition) is 0. The third-order valence-electron chi connectivity index (χ3n) is 3.81. The number of ether oxygens (including phenoxy) is 2. The van der Waals surface area contributed by atoms with Gasteiger partial charge in [-0.1, -0.05) is 18.2 Å². The number of aliphatic imine (C=N–C) groups is 1. The van der Waals surface area contributed by atoms with Crippen molar-refractivity contribution in [2.45, 2.75) is 6.61 Å². The highest BCUT2D eigenvalue weighted by atomic mass is 19.3. The van der Waals surface area contributed by atoms with Gasteiger partial charge in [0.25, 0.3) is 0 Å². The van der Waals surface area contributed by atoms with Gasteiger partial charge in [0.15, 0.2) is 5.70 Å². The number of alkyl halides is 2. The van der Waals surface area contributed by atoms with Gasteiger partial charge in [-0.2, -0.15) is 13.9 Å². The zero-order valence-electron chi connectivity index (χ0n) is 14.2. The summed E-state index contributed by atoms with van der Waals surface area (Å²) in [6, 6.07) is 13.0. The second-order valence-electron chi connectivity index (χ2n) is 5.67. The Labute approximate surface area is 157 Å². The molecule has 0 bridgehead atoms. The van der Waals surface area contributed by atoms with E-state index in [0.29, 0.717) is 5.56 Å². The van der Waals surface area contributed by atoms with Crippen molar-refractivity contribution in [3.8, 4) is 11.4 Å². The molecule has 28 heavy (non-hydrogen) atoms. The van der Waals surface area contributed by atoms with Crippen LogP contribution in [0.5, 0.6) is 5.75 Å². The summed E-state index contributed by atoms with van der Waals surface area (Å²) >= 11 is 0. The topological polar surface area (TPSA) is 78.6 Å². The molecule has 0 saturated heterocycles. The molecular weight excluding hydrogens is 370 g/mol. The van der Waals surface area contributed by atoms with Crippen LogP contribution < -0.4 is 4.74 Å². The Morgan fingerprint density at radius 1 is 1.14 bits per heavy atom. The third kappa shape index (κ3) is 3.78. The van der Waals surface area contributed by atoms with E-state index in [1.807, 2.05) is 12.1 Å². The summed E-state index contributed by atoms with van der Waals surface area (Å²) in [5.41, 5.74) is 2.00. The average Bonchev–Trinajstić information content (AvgIpc) is 3.33. The first-order chi connectivity index (χ1) is 13.6. The van der Waals surface area contributed by atoms with E-state index in [1.165, 1.54) is 24.5 Å². The summed E-state index contributed by atoms with van der Waals surface area (Å²) in [6.07, 6.45) is 4.58. The van der Waals surface area contributed by atoms with Crippen LogP contribution in [0.1, 0.15) is 11.1 Å². The molecule has 0 N–H and O–H groups in total. The van der Waals surface area contributed by atoms with Crippen molar-refractivity contribution in [2.24, 2.45) is 4.99 Å². The van der Waals surface area contributed by atoms with Crippen LogP contribution in [0.2, 0.25) is 0 Å². The number of nitrogens with zero attached hydrogens (tertiary/aromatic N) is 4. The molecule has 140 valence electrons. The fourth-order valence-corrected chi connectivity index (χ4v) is 2.56. The van der Waals surface area contributed by atoms with E-state index >= 15 is 0 Å². The largest absolute Gasteiger partial charge is 0.435 e. The monoisotopic (exact) mass is 382 g/mol. The van der Waals surface area contributed by atoms with Gasteiger partial charge in [-0.15, -0.1) is 0 Å². The lowest BCUT2D eigenvalue weighted by atomic mass is 10.2. The Kier molecular flexibility index (Phi) is 4.63. The zero-order chi connectivity index (χ0) is 19.5. The van der Waals surface area contributed by atoms with Crippen molar-refractivity contribution in [1.82, 2.24) is 14.8 Å². The number of carbonyl (C=O) groups is 1. The molecule has 0 unspecified atom stereocenters. The van der Waals surface area contributed by atoms with E-state index in [2.05, 4.69) is 19.8 Å². The molecule has 0 saturated carbocycles. The fourth-order valence-electron chi connectivity index (χ4n) is 2.56. The number of aromatic nitrogens is 3. The molecule has 0 spiro atoms.